The molecule has 144 valence electrons. The molecule has 0 amide bonds. The van der Waals surface area contributed by atoms with Crippen LogP contribution in [0.5, 0.6) is 23.0 Å². The van der Waals surface area contributed by atoms with E-state index < -0.39 is 0 Å². The first kappa shape index (κ1) is 19.6. The molecule has 0 atom stereocenters. The molecule has 0 spiro atoms. The predicted molar refractivity (Wildman–Crippen MR) is 116 cm³/mol. The van der Waals surface area contributed by atoms with Gasteiger partial charge in [-0.1, -0.05) is 47.5 Å². The maximum atomic E-state index is 9.30. The molecule has 0 radical (unpaired) electrons. The van der Waals surface area contributed by atoms with Crippen molar-refractivity contribution < 1.29 is 9.47 Å². The molecule has 4 rings (SSSR count). The van der Waals surface area contributed by atoms with Crippen LogP contribution in [0.4, 0.5) is 0 Å². The topological polar surface area (TPSA) is 66.0 Å². The summed E-state index contributed by atoms with van der Waals surface area (Å²) in [6, 6.07) is 25.4. The van der Waals surface area contributed by atoms with Crippen LogP contribution in [0.15, 0.2) is 72.8 Å². The summed E-state index contributed by atoms with van der Waals surface area (Å²) in [6.07, 6.45) is 0. The minimum absolute atomic E-state index is 0.290. The third-order valence-corrected chi connectivity index (χ3v) is 5.04. The summed E-state index contributed by atoms with van der Waals surface area (Å²) in [5.41, 5.74) is 0.579. The van der Waals surface area contributed by atoms with Crippen molar-refractivity contribution in [2.45, 2.75) is 0 Å². The predicted octanol–water partition coefficient (Wildman–Crippen LogP) is 7.47. The van der Waals surface area contributed by atoms with Gasteiger partial charge in [-0.25, -0.2) is 0 Å². The molecule has 0 saturated carbocycles. The van der Waals surface area contributed by atoms with Gasteiger partial charge in [-0.2, -0.15) is 10.5 Å². The van der Waals surface area contributed by atoms with Crippen LogP contribution in [0.1, 0.15) is 11.1 Å². The van der Waals surface area contributed by atoms with Gasteiger partial charge in [0.1, 0.15) is 46.3 Å². The first-order chi connectivity index (χ1) is 14.6. The van der Waals surface area contributed by atoms with Crippen molar-refractivity contribution in [2.24, 2.45) is 0 Å². The largest absolute Gasteiger partial charge is 0.456 e. The maximum absolute atomic E-state index is 9.30. The molecule has 4 aromatic carbocycles. The van der Waals surface area contributed by atoms with Gasteiger partial charge in [0.15, 0.2) is 0 Å². The van der Waals surface area contributed by atoms with Crippen LogP contribution >= 0.6 is 23.2 Å². The number of benzene rings is 4. The highest BCUT2D eigenvalue weighted by molar-refractivity contribution is 6.32. The Balaban J connectivity index is 1.63. The Kier molecular flexibility index (Phi) is 5.46. The Morgan fingerprint density at radius 3 is 1.43 bits per heavy atom. The summed E-state index contributed by atoms with van der Waals surface area (Å²) in [5.74, 6) is 1.96. The van der Waals surface area contributed by atoms with Crippen LogP contribution in [0, 0.1) is 22.7 Å². The molecule has 0 saturated heterocycles. The second-order valence-corrected chi connectivity index (χ2v) is 7.14. The highest BCUT2D eigenvalue weighted by Crippen LogP contribution is 2.34. The lowest BCUT2D eigenvalue weighted by Gasteiger charge is -2.11. The second kappa shape index (κ2) is 8.35. The lowest BCUT2D eigenvalue weighted by Crippen LogP contribution is -1.90. The van der Waals surface area contributed by atoms with Gasteiger partial charge in [-0.05, 0) is 59.3 Å². The van der Waals surface area contributed by atoms with Crippen molar-refractivity contribution in [2.75, 3.05) is 0 Å². The molecule has 4 nitrogen and oxygen atoms in total. The Morgan fingerprint density at radius 1 is 0.600 bits per heavy atom. The van der Waals surface area contributed by atoms with Crippen molar-refractivity contribution in [3.63, 3.8) is 0 Å². The summed E-state index contributed by atoms with van der Waals surface area (Å²) in [6.45, 7) is 0. The van der Waals surface area contributed by atoms with Crippen LogP contribution in [0.25, 0.3) is 10.8 Å². The zero-order valence-electron chi connectivity index (χ0n) is 15.4. The minimum atomic E-state index is 0.290. The van der Waals surface area contributed by atoms with Crippen LogP contribution in [-0.4, -0.2) is 0 Å². The number of ether oxygens (including phenoxy) is 2. The molecule has 4 aromatic rings. The van der Waals surface area contributed by atoms with E-state index in [0.717, 1.165) is 10.8 Å². The third-order valence-electron chi connectivity index (χ3n) is 4.41. The standard InChI is InChI=1S/C24H12Cl2N2O2/c25-21-3-1-5-23(19(21)13-27)29-17-9-7-16-12-18(10-8-15(16)11-17)30-24-6-2-4-22(26)20(24)14-28/h1-12H. The van der Waals surface area contributed by atoms with E-state index in [4.69, 9.17) is 32.7 Å². The van der Waals surface area contributed by atoms with Crippen LogP contribution in [0.3, 0.4) is 0 Å². The average Bonchev–Trinajstić information content (AvgIpc) is 2.74. The van der Waals surface area contributed by atoms with Crippen LogP contribution in [-0.2, 0) is 0 Å². The van der Waals surface area contributed by atoms with Crippen LogP contribution < -0.4 is 9.47 Å². The molecule has 0 aliphatic rings. The molecule has 0 aromatic heterocycles. The van der Waals surface area contributed by atoms with Gasteiger partial charge >= 0.3 is 0 Å². The molecule has 30 heavy (non-hydrogen) atoms. The third kappa shape index (κ3) is 3.88. The van der Waals surface area contributed by atoms with E-state index >= 15 is 0 Å². The molecule has 0 heterocycles. The molecular weight excluding hydrogens is 419 g/mol. The maximum Gasteiger partial charge on any atom is 0.146 e. The first-order valence-corrected chi connectivity index (χ1v) is 9.61. The summed E-state index contributed by atoms with van der Waals surface area (Å²) in [5, 5.41) is 21.1. The van der Waals surface area contributed by atoms with Gasteiger partial charge < -0.3 is 9.47 Å². The zero-order chi connectivity index (χ0) is 21.1. The normalized spacial score (nSPS) is 10.3. The fourth-order valence-corrected chi connectivity index (χ4v) is 3.39. The molecule has 0 N–H and O–H groups in total. The number of hydrogen-bond acceptors (Lipinski definition) is 4. The zero-order valence-corrected chi connectivity index (χ0v) is 16.9. The van der Waals surface area contributed by atoms with Gasteiger partial charge in [-0.3, -0.25) is 0 Å². The SMILES string of the molecule is N#Cc1c(Cl)cccc1Oc1ccc2cc(Oc3cccc(Cl)c3C#N)ccc2c1. The molecular formula is C24H12Cl2N2O2. The summed E-state index contributed by atoms with van der Waals surface area (Å²) < 4.78 is 11.7. The van der Waals surface area contributed by atoms with Crippen LogP contribution in [0.2, 0.25) is 10.0 Å². The molecule has 0 aliphatic heterocycles. The second-order valence-electron chi connectivity index (χ2n) is 6.32. The average molecular weight is 431 g/mol. The first-order valence-electron chi connectivity index (χ1n) is 8.86. The lowest BCUT2D eigenvalue weighted by molar-refractivity contribution is 0.480. The number of nitrogens with zero attached hydrogens (tertiary/aromatic N) is 2. The van der Waals surface area contributed by atoms with E-state index in [1.54, 1.807) is 48.5 Å². The quantitative estimate of drug-likeness (QED) is 0.336. The minimum Gasteiger partial charge on any atom is -0.456 e. The van der Waals surface area contributed by atoms with E-state index in [9.17, 15) is 10.5 Å². The highest BCUT2D eigenvalue weighted by Gasteiger charge is 2.11. The summed E-state index contributed by atoms with van der Waals surface area (Å²) in [7, 11) is 0. The van der Waals surface area contributed by atoms with Crippen molar-refractivity contribution in [3.8, 4) is 35.1 Å². The van der Waals surface area contributed by atoms with Crippen molar-refractivity contribution in [3.05, 3.63) is 94.0 Å². The number of fused-ring (bicyclic) bond motifs is 1. The van der Waals surface area contributed by atoms with E-state index in [-0.39, 0.29) is 11.1 Å². The molecule has 0 unspecified atom stereocenters. The Labute approximate surface area is 183 Å². The molecule has 0 fully saturated rings. The van der Waals surface area contributed by atoms with Gasteiger partial charge in [0.05, 0.1) is 10.0 Å². The number of nitriles is 2. The Bertz CT molecular complexity index is 1250. The fraction of sp³-hybridized carbons (Fsp3) is 0. The van der Waals surface area contributed by atoms with E-state index in [0.29, 0.717) is 33.0 Å². The van der Waals surface area contributed by atoms with Crippen molar-refractivity contribution >= 4 is 34.0 Å². The van der Waals surface area contributed by atoms with Gasteiger partial charge in [0, 0.05) is 0 Å². The highest BCUT2D eigenvalue weighted by atomic mass is 35.5. The van der Waals surface area contributed by atoms with E-state index in [1.165, 1.54) is 0 Å². The van der Waals surface area contributed by atoms with Gasteiger partial charge in [0.2, 0.25) is 0 Å². The van der Waals surface area contributed by atoms with Crippen molar-refractivity contribution in [1.29, 1.82) is 10.5 Å². The molecule has 0 bridgehead atoms. The summed E-state index contributed by atoms with van der Waals surface area (Å²) in [4.78, 5) is 0. The van der Waals surface area contributed by atoms with E-state index in [2.05, 4.69) is 12.1 Å². The number of hydrogen-bond donors (Lipinski definition) is 0. The summed E-state index contributed by atoms with van der Waals surface area (Å²) >= 11 is 12.1. The van der Waals surface area contributed by atoms with E-state index in [1.807, 2.05) is 24.3 Å². The molecule has 6 heteroatoms. The number of halogens is 2. The van der Waals surface area contributed by atoms with Gasteiger partial charge in [-0.15, -0.1) is 0 Å². The number of rotatable bonds is 4. The smallest absolute Gasteiger partial charge is 0.146 e. The fourth-order valence-electron chi connectivity index (χ4n) is 2.98. The van der Waals surface area contributed by atoms with Gasteiger partial charge in [0.25, 0.3) is 0 Å². The molecule has 0 aliphatic carbocycles. The Hall–Kier alpha value is -3.70. The monoisotopic (exact) mass is 430 g/mol. The van der Waals surface area contributed by atoms with Crippen molar-refractivity contribution in [1.82, 2.24) is 0 Å². The Morgan fingerprint density at radius 2 is 1.03 bits per heavy atom. The lowest BCUT2D eigenvalue weighted by atomic mass is 10.1.